The second-order valence-electron chi connectivity index (χ2n) is 6.24. The molecule has 4 heteroatoms. The molecule has 130 valence electrons. The molecular weight excluding hydrogens is 338 g/mol. The molecule has 4 rings (SSSR count). The first kappa shape index (κ1) is 16.7. The summed E-state index contributed by atoms with van der Waals surface area (Å²) in [7, 11) is 0. The van der Waals surface area contributed by atoms with E-state index in [1.807, 2.05) is 54.6 Å². The van der Waals surface area contributed by atoms with E-state index in [4.69, 9.17) is 0 Å². The van der Waals surface area contributed by atoms with Crippen LogP contribution in [0.4, 0.5) is 5.69 Å². The van der Waals surface area contributed by atoms with Crippen molar-refractivity contribution in [2.75, 3.05) is 0 Å². The first-order valence-electron chi connectivity index (χ1n) is 8.51. The van der Waals surface area contributed by atoms with Crippen molar-refractivity contribution in [1.29, 1.82) is 0 Å². The van der Waals surface area contributed by atoms with Gasteiger partial charge in [-0.15, -0.1) is 0 Å². The molecule has 27 heavy (non-hydrogen) atoms. The number of benzene rings is 4. The van der Waals surface area contributed by atoms with Gasteiger partial charge in [-0.2, -0.15) is 0 Å². The summed E-state index contributed by atoms with van der Waals surface area (Å²) < 4.78 is 0. The van der Waals surface area contributed by atoms with E-state index >= 15 is 0 Å². The highest BCUT2D eigenvalue weighted by Gasteiger charge is 2.15. The van der Waals surface area contributed by atoms with Crippen LogP contribution in [0.5, 0.6) is 0 Å². The lowest BCUT2D eigenvalue weighted by atomic mass is 9.92. The third kappa shape index (κ3) is 3.20. The fourth-order valence-electron chi connectivity index (χ4n) is 3.19. The molecule has 0 heterocycles. The largest absolute Gasteiger partial charge is 0.289 e. The van der Waals surface area contributed by atoms with Crippen molar-refractivity contribution in [3.05, 3.63) is 112 Å². The number of nitrogens with zero attached hydrogens (tertiary/aromatic N) is 1. The summed E-state index contributed by atoms with van der Waals surface area (Å²) in [6, 6.07) is 27.1. The lowest BCUT2D eigenvalue weighted by molar-refractivity contribution is -0.384. The maximum absolute atomic E-state index is 13.1. The highest BCUT2D eigenvalue weighted by Crippen LogP contribution is 2.30. The van der Waals surface area contributed by atoms with E-state index in [1.54, 1.807) is 24.3 Å². The highest BCUT2D eigenvalue weighted by molar-refractivity contribution is 6.17. The number of hydrogen-bond donors (Lipinski definition) is 0. The molecule has 0 saturated heterocycles. The average molecular weight is 353 g/mol. The van der Waals surface area contributed by atoms with Crippen LogP contribution in [0, 0.1) is 10.1 Å². The third-order valence-corrected chi connectivity index (χ3v) is 4.55. The maximum Gasteiger partial charge on any atom is 0.269 e. The molecule has 4 aromatic carbocycles. The number of nitro groups is 1. The van der Waals surface area contributed by atoms with Crippen LogP contribution in [0.2, 0.25) is 0 Å². The molecule has 0 bridgehead atoms. The lowest BCUT2D eigenvalue weighted by Gasteiger charge is -2.10. The molecule has 0 aliphatic carbocycles. The van der Waals surface area contributed by atoms with Crippen molar-refractivity contribution in [2.45, 2.75) is 0 Å². The maximum atomic E-state index is 13.1. The van der Waals surface area contributed by atoms with Crippen LogP contribution in [0.25, 0.3) is 21.9 Å². The number of fused-ring (bicyclic) bond motifs is 1. The molecule has 4 aromatic rings. The number of nitro benzene ring substituents is 1. The Hall–Kier alpha value is -3.79. The molecular formula is C23H15NO3. The van der Waals surface area contributed by atoms with Crippen LogP contribution < -0.4 is 0 Å². The minimum Gasteiger partial charge on any atom is -0.289 e. The van der Waals surface area contributed by atoms with Crippen LogP contribution in [0.3, 0.4) is 0 Å². The van der Waals surface area contributed by atoms with Gasteiger partial charge in [-0.1, -0.05) is 54.6 Å². The number of rotatable bonds is 4. The molecule has 0 atom stereocenters. The van der Waals surface area contributed by atoms with Gasteiger partial charge in [0.25, 0.3) is 5.69 Å². The van der Waals surface area contributed by atoms with Gasteiger partial charge in [-0.25, -0.2) is 0 Å². The molecule has 0 aromatic heterocycles. The monoisotopic (exact) mass is 353 g/mol. The molecule has 4 nitrogen and oxygen atoms in total. The predicted octanol–water partition coefficient (Wildman–Crippen LogP) is 5.65. The summed E-state index contributed by atoms with van der Waals surface area (Å²) in [5.41, 5.74) is 2.97. The predicted molar refractivity (Wildman–Crippen MR) is 106 cm³/mol. The molecule has 0 fully saturated rings. The van der Waals surface area contributed by atoms with Gasteiger partial charge in [0.2, 0.25) is 0 Å². The van der Waals surface area contributed by atoms with E-state index in [-0.39, 0.29) is 11.5 Å². The summed E-state index contributed by atoms with van der Waals surface area (Å²) in [6.45, 7) is 0. The summed E-state index contributed by atoms with van der Waals surface area (Å²) in [5.74, 6) is -0.0458. The summed E-state index contributed by atoms with van der Waals surface area (Å²) in [5, 5.41) is 12.7. The Morgan fingerprint density at radius 2 is 1.41 bits per heavy atom. The summed E-state index contributed by atoms with van der Waals surface area (Å²) in [6.07, 6.45) is 0. The van der Waals surface area contributed by atoms with Crippen molar-refractivity contribution < 1.29 is 9.72 Å². The second-order valence-corrected chi connectivity index (χ2v) is 6.24. The van der Waals surface area contributed by atoms with Gasteiger partial charge < -0.3 is 0 Å². The Bertz CT molecular complexity index is 1150. The van der Waals surface area contributed by atoms with E-state index in [0.717, 1.165) is 21.9 Å². The molecule has 0 aliphatic rings. The van der Waals surface area contributed by atoms with Crippen molar-refractivity contribution in [3.8, 4) is 11.1 Å². The SMILES string of the molecule is O=C(c1ccccc1)c1cc(-c2ccc([N+](=O)[O-])cc2)cc2ccccc12. The summed E-state index contributed by atoms with van der Waals surface area (Å²) >= 11 is 0. The summed E-state index contributed by atoms with van der Waals surface area (Å²) in [4.78, 5) is 23.6. The van der Waals surface area contributed by atoms with Crippen molar-refractivity contribution in [1.82, 2.24) is 0 Å². The minimum absolute atomic E-state index is 0.0418. The van der Waals surface area contributed by atoms with Gasteiger partial charge in [0, 0.05) is 23.3 Å². The smallest absolute Gasteiger partial charge is 0.269 e. The second kappa shape index (κ2) is 6.84. The molecule has 0 spiro atoms. The Labute approximate surface area is 155 Å². The van der Waals surface area contributed by atoms with Crippen LogP contribution >= 0.6 is 0 Å². The zero-order valence-corrected chi connectivity index (χ0v) is 14.3. The zero-order chi connectivity index (χ0) is 18.8. The van der Waals surface area contributed by atoms with Gasteiger partial charge in [0.05, 0.1) is 4.92 Å². The highest BCUT2D eigenvalue weighted by atomic mass is 16.6. The van der Waals surface area contributed by atoms with Crippen molar-refractivity contribution in [3.63, 3.8) is 0 Å². The Morgan fingerprint density at radius 1 is 0.741 bits per heavy atom. The minimum atomic E-state index is -0.422. The number of carbonyl (C=O) groups excluding carboxylic acids is 1. The van der Waals surface area contributed by atoms with Crippen LogP contribution in [-0.2, 0) is 0 Å². The average Bonchev–Trinajstić information content (AvgIpc) is 2.73. The van der Waals surface area contributed by atoms with E-state index < -0.39 is 4.92 Å². The van der Waals surface area contributed by atoms with Gasteiger partial charge in [-0.3, -0.25) is 14.9 Å². The standard InChI is InChI=1S/C23H15NO3/c25-23(17-6-2-1-3-7-17)22-15-19(14-18-8-4-5-9-21(18)22)16-10-12-20(13-11-16)24(26)27/h1-15H. The van der Waals surface area contributed by atoms with E-state index in [1.165, 1.54) is 12.1 Å². The third-order valence-electron chi connectivity index (χ3n) is 4.55. The topological polar surface area (TPSA) is 60.2 Å². The zero-order valence-electron chi connectivity index (χ0n) is 14.3. The quantitative estimate of drug-likeness (QED) is 0.271. The van der Waals surface area contributed by atoms with E-state index in [9.17, 15) is 14.9 Å². The molecule has 0 amide bonds. The van der Waals surface area contributed by atoms with Crippen LogP contribution in [0.1, 0.15) is 15.9 Å². The van der Waals surface area contributed by atoms with E-state index in [2.05, 4.69) is 0 Å². The number of non-ortho nitro benzene ring substituents is 1. The fourth-order valence-corrected chi connectivity index (χ4v) is 3.19. The van der Waals surface area contributed by atoms with Crippen LogP contribution in [0.15, 0.2) is 91.0 Å². The number of ketones is 1. The lowest BCUT2D eigenvalue weighted by Crippen LogP contribution is -2.02. The molecule has 0 unspecified atom stereocenters. The molecule has 0 N–H and O–H groups in total. The van der Waals surface area contributed by atoms with E-state index in [0.29, 0.717) is 11.1 Å². The number of hydrogen-bond acceptors (Lipinski definition) is 3. The van der Waals surface area contributed by atoms with Crippen molar-refractivity contribution in [2.24, 2.45) is 0 Å². The van der Waals surface area contributed by atoms with Gasteiger partial charge in [-0.05, 0) is 46.2 Å². The first-order valence-corrected chi connectivity index (χ1v) is 8.51. The van der Waals surface area contributed by atoms with Gasteiger partial charge >= 0.3 is 0 Å². The van der Waals surface area contributed by atoms with Gasteiger partial charge in [0.1, 0.15) is 0 Å². The Balaban J connectivity index is 1.88. The fraction of sp³-hybridized carbons (Fsp3) is 0. The first-order chi connectivity index (χ1) is 13.1. The van der Waals surface area contributed by atoms with Crippen molar-refractivity contribution >= 4 is 22.2 Å². The van der Waals surface area contributed by atoms with Crippen LogP contribution in [-0.4, -0.2) is 10.7 Å². The Morgan fingerprint density at radius 3 is 2.11 bits per heavy atom. The van der Waals surface area contributed by atoms with Gasteiger partial charge in [0.15, 0.2) is 5.78 Å². The normalized spacial score (nSPS) is 10.7. The molecule has 0 saturated carbocycles. The Kier molecular flexibility index (Phi) is 4.22. The molecule has 0 aliphatic heterocycles. The molecule has 0 radical (unpaired) electrons. The number of carbonyl (C=O) groups is 1.